The molecule has 2 aromatic carbocycles. The summed E-state index contributed by atoms with van der Waals surface area (Å²) in [6.07, 6.45) is 0.580. The lowest BCUT2D eigenvalue weighted by atomic mass is 10.2. The number of carbonyl (C=O) groups excluding carboxylic acids is 1. The fourth-order valence-corrected chi connectivity index (χ4v) is 3.03. The van der Waals surface area contributed by atoms with Crippen LogP contribution in [0.15, 0.2) is 42.5 Å². The first kappa shape index (κ1) is 17.8. The van der Waals surface area contributed by atoms with Gasteiger partial charge in [-0.3, -0.25) is 14.9 Å². The average Bonchev–Trinajstić information content (AvgIpc) is 2.87. The van der Waals surface area contributed by atoms with Crippen LogP contribution in [0.25, 0.3) is 0 Å². The van der Waals surface area contributed by atoms with E-state index in [0.717, 1.165) is 6.07 Å². The van der Waals surface area contributed by atoms with Crippen LogP contribution < -0.4 is 4.90 Å². The van der Waals surface area contributed by atoms with E-state index >= 15 is 0 Å². The summed E-state index contributed by atoms with van der Waals surface area (Å²) in [7, 11) is 0. The summed E-state index contributed by atoms with van der Waals surface area (Å²) >= 11 is 0. The van der Waals surface area contributed by atoms with Gasteiger partial charge in [-0.2, -0.15) is 0 Å². The Labute approximate surface area is 148 Å². The number of anilines is 1. The number of halogens is 2. The molecule has 6 nitrogen and oxygen atoms in total. The Kier molecular flexibility index (Phi) is 5.11. The molecular weight excluding hydrogens is 344 g/mol. The Morgan fingerprint density at radius 2 is 1.77 bits per heavy atom. The first-order valence-electron chi connectivity index (χ1n) is 8.20. The third-order valence-corrected chi connectivity index (χ3v) is 4.37. The van der Waals surface area contributed by atoms with Gasteiger partial charge in [0.05, 0.1) is 22.2 Å². The first-order valence-corrected chi connectivity index (χ1v) is 8.20. The molecule has 26 heavy (non-hydrogen) atoms. The van der Waals surface area contributed by atoms with Gasteiger partial charge in [-0.05, 0) is 24.6 Å². The van der Waals surface area contributed by atoms with Crippen molar-refractivity contribution in [3.63, 3.8) is 0 Å². The topological polar surface area (TPSA) is 66.7 Å². The number of hydrogen-bond donors (Lipinski definition) is 0. The highest BCUT2D eigenvalue weighted by Gasteiger charge is 2.24. The average molecular weight is 361 g/mol. The smallest absolute Gasteiger partial charge is 0.272 e. The van der Waals surface area contributed by atoms with Crippen molar-refractivity contribution in [3.05, 3.63) is 69.8 Å². The summed E-state index contributed by atoms with van der Waals surface area (Å²) in [5.41, 5.74) is -0.0318. The van der Waals surface area contributed by atoms with Crippen LogP contribution in [-0.4, -0.2) is 41.9 Å². The molecule has 1 aliphatic heterocycles. The Hall–Kier alpha value is -3.03. The van der Waals surface area contributed by atoms with Crippen molar-refractivity contribution in [2.45, 2.75) is 6.42 Å². The highest BCUT2D eigenvalue weighted by atomic mass is 19.1. The summed E-state index contributed by atoms with van der Waals surface area (Å²) in [6, 6.07) is 9.33. The second-order valence-electron chi connectivity index (χ2n) is 6.01. The lowest BCUT2D eigenvalue weighted by Gasteiger charge is -2.24. The van der Waals surface area contributed by atoms with Gasteiger partial charge in [0.25, 0.3) is 11.6 Å². The van der Waals surface area contributed by atoms with Crippen molar-refractivity contribution in [2.24, 2.45) is 0 Å². The minimum Gasteiger partial charge on any atom is -0.367 e. The van der Waals surface area contributed by atoms with Crippen molar-refractivity contribution in [2.75, 3.05) is 31.1 Å². The van der Waals surface area contributed by atoms with Crippen molar-refractivity contribution >= 4 is 17.3 Å². The highest BCUT2D eigenvalue weighted by molar-refractivity contribution is 5.94. The van der Waals surface area contributed by atoms with Crippen LogP contribution in [0.5, 0.6) is 0 Å². The van der Waals surface area contributed by atoms with Crippen molar-refractivity contribution < 1.29 is 18.5 Å². The largest absolute Gasteiger partial charge is 0.367 e. The number of benzene rings is 2. The maximum Gasteiger partial charge on any atom is 0.272 e. The van der Waals surface area contributed by atoms with E-state index in [2.05, 4.69) is 0 Å². The zero-order valence-corrected chi connectivity index (χ0v) is 13.9. The molecule has 0 spiro atoms. The number of nitrogens with zero attached hydrogens (tertiary/aromatic N) is 3. The van der Waals surface area contributed by atoms with Crippen molar-refractivity contribution in [1.29, 1.82) is 0 Å². The van der Waals surface area contributed by atoms with E-state index < -0.39 is 22.5 Å². The fourth-order valence-electron chi connectivity index (χ4n) is 3.03. The number of hydrogen-bond acceptors (Lipinski definition) is 4. The molecule has 0 bridgehead atoms. The molecule has 0 radical (unpaired) electrons. The normalized spacial score (nSPS) is 14.8. The number of carbonyl (C=O) groups is 1. The molecule has 0 aromatic heterocycles. The second-order valence-corrected chi connectivity index (χ2v) is 6.01. The van der Waals surface area contributed by atoms with E-state index in [-0.39, 0.29) is 16.9 Å². The van der Waals surface area contributed by atoms with Crippen molar-refractivity contribution in [3.8, 4) is 0 Å². The van der Waals surface area contributed by atoms with Gasteiger partial charge in [-0.15, -0.1) is 0 Å². The molecule has 0 saturated carbocycles. The SMILES string of the molecule is O=C(c1ccccc1F)N1CCCN(c2ccc([N+](=O)[O-])cc2F)CC1. The summed E-state index contributed by atoms with van der Waals surface area (Å²) < 4.78 is 28.1. The molecule has 0 unspecified atom stereocenters. The van der Waals surface area contributed by atoms with Gasteiger partial charge in [0.15, 0.2) is 5.82 Å². The van der Waals surface area contributed by atoms with Gasteiger partial charge >= 0.3 is 0 Å². The van der Waals surface area contributed by atoms with Crippen LogP contribution in [0.1, 0.15) is 16.8 Å². The van der Waals surface area contributed by atoms with E-state index in [1.807, 2.05) is 0 Å². The van der Waals surface area contributed by atoms with E-state index in [9.17, 15) is 23.7 Å². The zero-order valence-electron chi connectivity index (χ0n) is 13.9. The predicted molar refractivity (Wildman–Crippen MR) is 92.2 cm³/mol. The number of non-ortho nitro benzene ring substituents is 1. The van der Waals surface area contributed by atoms with E-state index in [0.29, 0.717) is 32.6 Å². The molecular formula is C18H17F2N3O3. The van der Waals surface area contributed by atoms with Crippen LogP contribution in [0.2, 0.25) is 0 Å². The van der Waals surface area contributed by atoms with Crippen LogP contribution in [0.3, 0.4) is 0 Å². The molecule has 8 heteroatoms. The molecule has 2 aromatic rings. The summed E-state index contributed by atoms with van der Waals surface area (Å²) in [4.78, 5) is 25.9. The predicted octanol–water partition coefficient (Wildman–Crippen LogP) is 3.23. The maximum atomic E-state index is 14.2. The van der Waals surface area contributed by atoms with E-state index in [1.54, 1.807) is 15.9 Å². The monoisotopic (exact) mass is 361 g/mol. The van der Waals surface area contributed by atoms with Crippen LogP contribution >= 0.6 is 0 Å². The third kappa shape index (κ3) is 3.63. The Bertz CT molecular complexity index is 844. The molecule has 3 rings (SSSR count). The Morgan fingerprint density at radius 3 is 2.46 bits per heavy atom. The molecule has 0 aliphatic carbocycles. The van der Waals surface area contributed by atoms with Crippen LogP contribution in [-0.2, 0) is 0 Å². The second kappa shape index (κ2) is 7.47. The zero-order chi connectivity index (χ0) is 18.7. The molecule has 1 saturated heterocycles. The van der Waals surface area contributed by atoms with Gasteiger partial charge in [0.2, 0.25) is 0 Å². The number of nitro groups is 1. The fraction of sp³-hybridized carbons (Fsp3) is 0.278. The maximum absolute atomic E-state index is 14.2. The number of amides is 1. The minimum atomic E-state index is -0.673. The van der Waals surface area contributed by atoms with E-state index in [4.69, 9.17) is 0 Å². The first-order chi connectivity index (χ1) is 12.5. The van der Waals surface area contributed by atoms with Gasteiger partial charge in [0, 0.05) is 32.2 Å². The van der Waals surface area contributed by atoms with Crippen LogP contribution in [0.4, 0.5) is 20.2 Å². The highest BCUT2D eigenvalue weighted by Crippen LogP contribution is 2.25. The van der Waals surface area contributed by atoms with Gasteiger partial charge < -0.3 is 9.80 Å². The lowest BCUT2D eigenvalue weighted by Crippen LogP contribution is -2.35. The quantitative estimate of drug-likeness (QED) is 0.622. The van der Waals surface area contributed by atoms with Gasteiger partial charge in [-0.25, -0.2) is 8.78 Å². The number of nitro benzene ring substituents is 1. The Morgan fingerprint density at radius 1 is 1.00 bits per heavy atom. The van der Waals surface area contributed by atoms with Gasteiger partial charge in [-0.1, -0.05) is 12.1 Å². The van der Waals surface area contributed by atoms with E-state index in [1.165, 1.54) is 30.3 Å². The summed E-state index contributed by atoms with van der Waals surface area (Å²) in [6.45, 7) is 1.59. The Balaban J connectivity index is 1.73. The molecule has 0 atom stereocenters. The molecule has 1 fully saturated rings. The van der Waals surface area contributed by atoms with Crippen LogP contribution in [0, 0.1) is 21.7 Å². The lowest BCUT2D eigenvalue weighted by molar-refractivity contribution is -0.385. The standard InChI is InChI=1S/C18H17F2N3O3/c19-15-5-2-1-4-14(15)18(24)22-9-3-8-21(10-11-22)17-7-6-13(23(25)26)12-16(17)20/h1-2,4-7,12H,3,8-11H2. The summed E-state index contributed by atoms with van der Waals surface area (Å²) in [5.74, 6) is -1.64. The van der Waals surface area contributed by atoms with Gasteiger partial charge in [0.1, 0.15) is 5.82 Å². The minimum absolute atomic E-state index is 0.0162. The molecule has 136 valence electrons. The molecule has 1 aliphatic rings. The third-order valence-electron chi connectivity index (χ3n) is 4.37. The van der Waals surface area contributed by atoms with Crippen molar-refractivity contribution in [1.82, 2.24) is 4.90 Å². The summed E-state index contributed by atoms with van der Waals surface area (Å²) in [5, 5.41) is 10.7. The molecule has 0 N–H and O–H groups in total. The molecule has 1 amide bonds. The molecule has 1 heterocycles. The number of rotatable bonds is 3.